The van der Waals surface area contributed by atoms with E-state index in [1.807, 2.05) is 262 Å². The maximum Gasteiger partial charge on any atom is 0.410 e. The minimum Gasteiger partial charge on any atom is -0.485 e. The van der Waals surface area contributed by atoms with E-state index in [0.717, 1.165) is 55.2 Å². The van der Waals surface area contributed by atoms with Gasteiger partial charge < -0.3 is 107 Å². The molecule has 0 saturated carbocycles. The molecule has 1 saturated heterocycles. The van der Waals surface area contributed by atoms with Crippen molar-refractivity contribution in [3.63, 3.8) is 0 Å². The number of pyridine rings is 3. The lowest BCUT2D eigenvalue weighted by atomic mass is 10.1. The molecule has 2 aliphatic heterocycles. The molecule has 15 N–H and O–H groups in total. The Morgan fingerprint density at radius 2 is 0.834 bits per heavy atom. The molecular weight excluding hydrogens is 1850 g/mol. The fourth-order valence-corrected chi connectivity index (χ4v) is 15.4. The van der Waals surface area contributed by atoms with Crippen LogP contribution in [-0.2, 0) is 118 Å². The number of rotatable bonds is 40. The zero-order valence-electron chi connectivity index (χ0n) is 82.8. The van der Waals surface area contributed by atoms with E-state index in [1.54, 1.807) is 77.1 Å². The quantitative estimate of drug-likeness (QED) is 0.0125. The monoisotopic (exact) mass is 1980 g/mol. The first kappa shape index (κ1) is 107. The van der Waals surface area contributed by atoms with Crippen LogP contribution in [-0.4, -0.2) is 198 Å². The maximum absolute atomic E-state index is 12.9. The lowest BCUT2D eigenvalue weighted by Crippen LogP contribution is -2.51. The lowest BCUT2D eigenvalue weighted by molar-refractivity contribution is -0.127. The molecule has 7 aromatic heterocycles. The van der Waals surface area contributed by atoms with Gasteiger partial charge in [-0.25, -0.2) is 24.4 Å². The number of imidazole rings is 2. The number of benzene rings is 7. The summed E-state index contributed by atoms with van der Waals surface area (Å²) in [5.74, 6) is 2.04. The number of carbonyl (C=O) groups excluding carboxylic acids is 7. The highest BCUT2D eigenvalue weighted by molar-refractivity contribution is 5.88. The van der Waals surface area contributed by atoms with Crippen LogP contribution in [0.5, 0.6) is 5.75 Å². The third-order valence-corrected chi connectivity index (χ3v) is 23.4. The second kappa shape index (κ2) is 51.3. The summed E-state index contributed by atoms with van der Waals surface area (Å²) in [7, 11) is 0. The molecule has 7 amide bonds. The van der Waals surface area contributed by atoms with Gasteiger partial charge in [-0.15, -0.1) is 20.4 Å². The van der Waals surface area contributed by atoms with Crippen molar-refractivity contribution in [2.75, 3.05) is 59.2 Å². The van der Waals surface area contributed by atoms with Crippen LogP contribution in [0.2, 0.25) is 0 Å². The summed E-state index contributed by atoms with van der Waals surface area (Å²) in [6.45, 7) is 18.1. The van der Waals surface area contributed by atoms with Crippen LogP contribution in [0, 0.1) is 0 Å². The van der Waals surface area contributed by atoms with Crippen molar-refractivity contribution in [3.05, 3.63) is 335 Å². The fourth-order valence-electron chi connectivity index (χ4n) is 15.4. The van der Waals surface area contributed by atoms with Gasteiger partial charge in [-0.05, 0) is 149 Å². The molecule has 0 bridgehead atoms. The van der Waals surface area contributed by atoms with E-state index >= 15 is 0 Å². The van der Waals surface area contributed by atoms with Gasteiger partial charge in [0.05, 0.1) is 122 Å². The van der Waals surface area contributed by atoms with Crippen molar-refractivity contribution in [1.82, 2.24) is 84.5 Å². The van der Waals surface area contributed by atoms with Gasteiger partial charge in [0.2, 0.25) is 29.3 Å². The Morgan fingerprint density at radius 3 is 1.30 bits per heavy atom. The number of nitrogens with zero attached hydrogens (tertiary/aromatic N) is 12. The average molecular weight is 1980 g/mol. The first-order valence-electron chi connectivity index (χ1n) is 47.9. The molecule has 145 heavy (non-hydrogen) atoms. The SMILES string of the molecule is CC(C)(N)C(=O)N[C@H](COCc1ccccc1)c1ncc2cccc(COC(=O)N3CC[C@@H](O)C3)n12.CC(C)(N)C(=O)N[C@H](COCc1ccccc1)c1ncc2cccc(COC(=O)NCCCO)n12.CC(C)(N)C(=O)N[C@H](COCc1ccccc1)c1nnc2c(OCc3ccccc3)cccn12.CC(C)(N)C(=O)N[C@H](COCc1ccccc1)c1nnc2n1CCN(C(=O)OCc1cccc3ccccc13)C2. The average Bonchev–Trinajstić information content (AvgIpc) is 1.66. The van der Waals surface area contributed by atoms with Crippen LogP contribution >= 0.6 is 0 Å². The van der Waals surface area contributed by atoms with Crippen molar-refractivity contribution < 1.29 is 81.7 Å². The van der Waals surface area contributed by atoms with E-state index in [9.17, 15) is 38.7 Å². The number of amides is 7. The van der Waals surface area contributed by atoms with E-state index in [1.165, 1.54) is 4.90 Å². The minimum atomic E-state index is -1.09. The lowest BCUT2D eigenvalue weighted by Gasteiger charge is -2.29. The number of ether oxygens (including phenoxy) is 8. The number of likely N-dealkylation sites (tertiary alicyclic amines) is 1. The van der Waals surface area contributed by atoms with Gasteiger partial charge in [0.25, 0.3) is 0 Å². The molecule has 14 aromatic rings. The summed E-state index contributed by atoms with van der Waals surface area (Å²) in [5, 5.41) is 52.5. The molecule has 0 spiro atoms. The highest BCUT2D eigenvalue weighted by Crippen LogP contribution is 2.29. The van der Waals surface area contributed by atoms with Crippen molar-refractivity contribution in [2.45, 2.75) is 187 Å². The van der Waals surface area contributed by atoms with Crippen molar-refractivity contribution in [3.8, 4) is 5.75 Å². The number of alkyl carbamates (subject to hydrolysis) is 1. The van der Waals surface area contributed by atoms with Gasteiger partial charge in [-0.3, -0.25) is 37.3 Å². The molecular formula is C107H129N21O17. The molecule has 38 nitrogen and oxygen atoms in total. The smallest absolute Gasteiger partial charge is 0.410 e. The topological polar surface area (TPSA) is 500 Å². The van der Waals surface area contributed by atoms with Gasteiger partial charge in [0.1, 0.15) is 62.2 Å². The number of hydrogen-bond donors (Lipinski definition) is 11. The normalized spacial score (nSPS) is 13.9. The number of fused-ring (bicyclic) bond motifs is 5. The predicted octanol–water partition coefficient (Wildman–Crippen LogP) is 11.3. The molecule has 0 unspecified atom stereocenters. The van der Waals surface area contributed by atoms with Crippen molar-refractivity contribution in [2.24, 2.45) is 22.9 Å². The molecule has 9 heterocycles. The summed E-state index contributed by atoms with van der Waals surface area (Å²) >= 11 is 0. The van der Waals surface area contributed by atoms with E-state index < -0.39 is 70.7 Å². The highest BCUT2D eigenvalue weighted by Gasteiger charge is 2.36. The third-order valence-electron chi connectivity index (χ3n) is 23.4. The molecule has 7 aromatic carbocycles. The van der Waals surface area contributed by atoms with E-state index in [4.69, 9.17) is 65.9 Å². The molecule has 1 fully saturated rings. The highest BCUT2D eigenvalue weighted by atomic mass is 16.6. The van der Waals surface area contributed by atoms with Crippen LogP contribution in [0.3, 0.4) is 0 Å². The predicted molar refractivity (Wildman–Crippen MR) is 542 cm³/mol. The summed E-state index contributed by atoms with van der Waals surface area (Å²) < 4.78 is 53.8. The molecule has 5 atom stereocenters. The Labute approximate surface area is 840 Å². The zero-order chi connectivity index (χ0) is 103. The second-order valence-electron chi connectivity index (χ2n) is 37.4. The Morgan fingerprint density at radius 1 is 0.421 bits per heavy atom. The van der Waals surface area contributed by atoms with Gasteiger partial charge in [0.15, 0.2) is 23.2 Å². The van der Waals surface area contributed by atoms with E-state index in [-0.39, 0.29) is 89.6 Å². The molecule has 38 heteroatoms. The van der Waals surface area contributed by atoms with E-state index in [0.29, 0.717) is 124 Å². The Balaban J connectivity index is 0.000000162. The van der Waals surface area contributed by atoms with Crippen LogP contribution in [0.25, 0.3) is 27.5 Å². The Hall–Kier alpha value is -15.0. The Bertz CT molecular complexity index is 6560. The number of hydrogen-bond acceptors (Lipinski definition) is 27. The molecule has 764 valence electrons. The van der Waals surface area contributed by atoms with E-state index in [2.05, 4.69) is 56.9 Å². The number of aliphatic hydroxyl groups is 2. The van der Waals surface area contributed by atoms with Gasteiger partial charge in [0, 0.05) is 45.5 Å². The summed E-state index contributed by atoms with van der Waals surface area (Å²) in [6.07, 6.45) is 4.20. The number of β-amino-alcohol motifs (C(OH)–C–C–N with tert-alkyl or cyclic N) is 1. The van der Waals surface area contributed by atoms with Crippen LogP contribution < -0.4 is 54.3 Å². The van der Waals surface area contributed by atoms with Crippen LogP contribution in [0.15, 0.2) is 261 Å². The summed E-state index contributed by atoms with van der Waals surface area (Å²) in [5.41, 5.74) is 29.3. The van der Waals surface area contributed by atoms with Gasteiger partial charge in [-0.1, -0.05) is 206 Å². The summed E-state index contributed by atoms with van der Waals surface area (Å²) in [4.78, 5) is 101. The largest absolute Gasteiger partial charge is 0.485 e. The third kappa shape index (κ3) is 31.0. The number of carbonyl (C=O) groups is 7. The number of nitrogens with two attached hydrogens (primary N) is 4. The fraction of sp³-hybridized carbons (Fsp3) is 0.355. The van der Waals surface area contributed by atoms with Crippen LogP contribution in [0.1, 0.15) is 166 Å². The van der Waals surface area contributed by atoms with Crippen molar-refractivity contribution in [1.29, 1.82) is 0 Å². The van der Waals surface area contributed by atoms with Gasteiger partial charge in [-0.2, -0.15) is 0 Å². The number of nitrogens with one attached hydrogen (secondary N) is 5. The molecule has 0 aliphatic carbocycles. The standard InChI is InChI=1S/C30H34N6O4.C26H33N5O5.C26H29N5O3.C25H33N5O5/c1-30(2,31)28(37)32-25(20-39-18-21-9-4-3-5-10-21)27-34-33-26-17-35(15-16-36(26)27)29(38)40-19-23-13-8-12-22-11-6-7-14-24(22)23;1-26(2,27)24(33)29-22(17-35-15-18-7-4-3-5-8-18)23-28-13-19-9-6-10-20(31(19)23)16-36-25(34)30-12-11-21(32)14-30;1-26(2,27)25(32)28-21(18-33-16-19-10-5-3-6-11-19)23-29-30-24-22(14-9-15-31(23)24)34-17-20-12-7-4-8-13-20;1-25(2,26)23(32)29-21(17-34-15-18-8-4-3-5-9-18)22-28-14-19-10-6-11-20(30(19)22)16-35-24(33)27-12-7-13-31/h3-14,25H,15-20,31H2,1-2H3,(H,32,37);3-10,13,21-22,32H,11-12,14-17,27H2,1-2H3,(H,29,33);3-15,21H,16-18,27H2,1-2H3,(H,28,32);3-6,8-11,14,21,31H,7,12-13,15-17,26H2,1-2H3,(H,27,33)(H,29,32)/t25-;21-,22-;2*21-/m1111/s1. The zero-order valence-corrected chi connectivity index (χ0v) is 82.8. The van der Waals surface area contributed by atoms with Crippen LogP contribution in [0.4, 0.5) is 14.4 Å². The number of aromatic nitrogens is 10. The van der Waals surface area contributed by atoms with Crippen molar-refractivity contribution >= 4 is 69.4 Å². The molecule has 0 radical (unpaired) electrons. The van der Waals surface area contributed by atoms with Gasteiger partial charge >= 0.3 is 18.3 Å². The first-order chi connectivity index (χ1) is 69.7. The first-order valence-corrected chi connectivity index (χ1v) is 47.9. The number of aliphatic hydroxyl groups excluding tert-OH is 2. The summed E-state index contributed by atoms with van der Waals surface area (Å²) in [6, 6.07) is 75.4. The molecule has 16 rings (SSSR count). The minimum absolute atomic E-state index is 0.0000490. The second-order valence-corrected chi connectivity index (χ2v) is 37.4. The molecule has 2 aliphatic rings. The Kier molecular flexibility index (Phi) is 38.0. The maximum atomic E-state index is 12.9.